The van der Waals surface area contributed by atoms with Crippen LogP contribution < -0.4 is 15.5 Å². The predicted octanol–water partition coefficient (Wildman–Crippen LogP) is 3.63. The minimum Gasteiger partial charge on any atom is -0.370 e. The Balaban J connectivity index is 1.69. The Labute approximate surface area is 164 Å². The van der Waals surface area contributed by atoms with Crippen LogP contribution >= 0.6 is 11.3 Å². The molecule has 0 saturated carbocycles. The molecule has 2 N–H and O–H groups in total. The number of anilines is 2. The molecule has 7 heteroatoms. The number of aromatic nitrogens is 1. The van der Waals surface area contributed by atoms with Gasteiger partial charge >= 0.3 is 0 Å². The number of rotatable bonds is 9. The van der Waals surface area contributed by atoms with Crippen molar-refractivity contribution < 1.29 is 9.59 Å². The standard InChI is InChI=1S/C20H26N4O2S/c1-2-15(9-10-21-14-25)20-23-17(13-27-20)19(26)22-16-7-3-4-8-18(16)24-11-5-6-12-24/h3-4,7-8,13-15H,2,5-6,9-12H2,1H3,(H,21,25)(H,22,26). The number of carbonyl (C=O) groups excluding carboxylic acids is 2. The number of nitrogens with zero attached hydrogens (tertiary/aromatic N) is 2. The number of para-hydroxylation sites is 2. The highest BCUT2D eigenvalue weighted by molar-refractivity contribution is 7.09. The smallest absolute Gasteiger partial charge is 0.275 e. The highest BCUT2D eigenvalue weighted by Crippen LogP contribution is 2.30. The van der Waals surface area contributed by atoms with Gasteiger partial charge in [0.1, 0.15) is 5.69 Å². The number of benzene rings is 1. The van der Waals surface area contributed by atoms with E-state index < -0.39 is 0 Å². The van der Waals surface area contributed by atoms with Crippen LogP contribution in [0, 0.1) is 0 Å². The van der Waals surface area contributed by atoms with Crippen LogP contribution in [0.3, 0.4) is 0 Å². The molecule has 6 nitrogen and oxygen atoms in total. The lowest BCUT2D eigenvalue weighted by atomic mass is 10.0. The van der Waals surface area contributed by atoms with Crippen LogP contribution in [0.2, 0.25) is 0 Å². The van der Waals surface area contributed by atoms with Gasteiger partial charge in [-0.05, 0) is 37.8 Å². The minimum atomic E-state index is -0.176. The van der Waals surface area contributed by atoms with E-state index in [1.54, 1.807) is 0 Å². The van der Waals surface area contributed by atoms with E-state index in [0.717, 1.165) is 42.3 Å². The van der Waals surface area contributed by atoms with E-state index in [1.165, 1.54) is 24.2 Å². The molecular weight excluding hydrogens is 360 g/mol. The molecule has 1 aromatic heterocycles. The maximum atomic E-state index is 12.7. The summed E-state index contributed by atoms with van der Waals surface area (Å²) in [6, 6.07) is 7.94. The molecule has 27 heavy (non-hydrogen) atoms. The van der Waals surface area contributed by atoms with Gasteiger partial charge < -0.3 is 15.5 Å². The average Bonchev–Trinajstić information content (AvgIpc) is 3.38. The van der Waals surface area contributed by atoms with Gasteiger partial charge in [0.05, 0.1) is 16.4 Å². The van der Waals surface area contributed by atoms with Crippen LogP contribution in [0.4, 0.5) is 11.4 Å². The van der Waals surface area contributed by atoms with Crippen molar-refractivity contribution in [1.29, 1.82) is 0 Å². The summed E-state index contributed by atoms with van der Waals surface area (Å²) < 4.78 is 0. The summed E-state index contributed by atoms with van der Waals surface area (Å²) in [5, 5.41) is 8.49. The molecule has 1 fully saturated rings. The Kier molecular flexibility index (Phi) is 6.81. The largest absolute Gasteiger partial charge is 0.370 e. The van der Waals surface area contributed by atoms with Gasteiger partial charge in [-0.2, -0.15) is 0 Å². The van der Waals surface area contributed by atoms with E-state index >= 15 is 0 Å². The third-order valence-corrected chi connectivity index (χ3v) is 5.92. The first-order valence-corrected chi connectivity index (χ1v) is 10.4. The first-order chi connectivity index (χ1) is 13.2. The van der Waals surface area contributed by atoms with Crippen LogP contribution in [0.1, 0.15) is 54.0 Å². The lowest BCUT2D eigenvalue weighted by Gasteiger charge is -2.21. The van der Waals surface area contributed by atoms with Crippen LogP contribution in [-0.2, 0) is 4.79 Å². The number of hydrogen-bond donors (Lipinski definition) is 2. The average molecular weight is 387 g/mol. The molecule has 1 unspecified atom stereocenters. The Bertz CT molecular complexity index is 771. The van der Waals surface area contributed by atoms with Gasteiger partial charge in [0.15, 0.2) is 0 Å². The van der Waals surface area contributed by atoms with Gasteiger partial charge in [0.25, 0.3) is 5.91 Å². The number of hydrogen-bond acceptors (Lipinski definition) is 5. The second-order valence-electron chi connectivity index (χ2n) is 6.70. The van der Waals surface area contributed by atoms with Crippen molar-refractivity contribution in [3.8, 4) is 0 Å². The first kappa shape index (κ1) is 19.4. The molecule has 2 amide bonds. The van der Waals surface area contributed by atoms with E-state index in [4.69, 9.17) is 0 Å². The summed E-state index contributed by atoms with van der Waals surface area (Å²) in [5.41, 5.74) is 2.36. The Hall–Kier alpha value is -2.41. The molecule has 3 rings (SSSR count). The van der Waals surface area contributed by atoms with E-state index in [-0.39, 0.29) is 11.8 Å². The molecule has 2 aromatic rings. The fourth-order valence-corrected chi connectivity index (χ4v) is 4.42. The van der Waals surface area contributed by atoms with Crippen LogP contribution in [-0.4, -0.2) is 36.9 Å². The van der Waals surface area contributed by atoms with Crippen molar-refractivity contribution in [1.82, 2.24) is 10.3 Å². The molecule has 0 bridgehead atoms. The maximum Gasteiger partial charge on any atom is 0.275 e. The molecular formula is C20H26N4O2S. The second-order valence-corrected chi connectivity index (χ2v) is 7.59. The lowest BCUT2D eigenvalue weighted by Crippen LogP contribution is -2.21. The highest BCUT2D eigenvalue weighted by atomic mass is 32.1. The summed E-state index contributed by atoms with van der Waals surface area (Å²) in [6.45, 7) is 4.77. The molecule has 1 aliphatic heterocycles. The van der Waals surface area contributed by atoms with Crippen LogP contribution in [0.15, 0.2) is 29.6 Å². The van der Waals surface area contributed by atoms with Crippen LogP contribution in [0.25, 0.3) is 0 Å². The van der Waals surface area contributed by atoms with Crippen molar-refractivity contribution in [2.45, 2.75) is 38.5 Å². The summed E-state index contributed by atoms with van der Waals surface area (Å²) in [6.07, 6.45) is 4.84. The van der Waals surface area contributed by atoms with E-state index in [1.807, 2.05) is 23.6 Å². The number of thiazole rings is 1. The Morgan fingerprint density at radius 2 is 2.11 bits per heavy atom. The Morgan fingerprint density at radius 3 is 2.85 bits per heavy atom. The Morgan fingerprint density at radius 1 is 1.33 bits per heavy atom. The molecule has 1 atom stereocenters. The normalized spacial score (nSPS) is 14.8. The zero-order valence-electron chi connectivity index (χ0n) is 15.6. The molecule has 0 aliphatic carbocycles. The molecule has 1 aliphatic rings. The van der Waals surface area contributed by atoms with E-state index in [2.05, 4.69) is 33.5 Å². The summed E-state index contributed by atoms with van der Waals surface area (Å²) in [5.74, 6) is 0.0749. The topological polar surface area (TPSA) is 74.3 Å². The quantitative estimate of drug-likeness (QED) is 0.510. The van der Waals surface area contributed by atoms with Gasteiger partial charge in [-0.1, -0.05) is 19.1 Å². The number of carbonyl (C=O) groups is 2. The highest BCUT2D eigenvalue weighted by Gasteiger charge is 2.20. The second kappa shape index (κ2) is 9.50. The van der Waals surface area contributed by atoms with Gasteiger partial charge in [0, 0.05) is 30.9 Å². The van der Waals surface area contributed by atoms with E-state index in [0.29, 0.717) is 18.6 Å². The first-order valence-electron chi connectivity index (χ1n) is 9.50. The van der Waals surface area contributed by atoms with Gasteiger partial charge in [-0.15, -0.1) is 11.3 Å². The summed E-state index contributed by atoms with van der Waals surface area (Å²) >= 11 is 1.51. The van der Waals surface area contributed by atoms with Gasteiger partial charge in [0.2, 0.25) is 6.41 Å². The van der Waals surface area contributed by atoms with Crippen molar-refractivity contribution in [3.05, 3.63) is 40.3 Å². The van der Waals surface area contributed by atoms with Crippen molar-refractivity contribution in [2.24, 2.45) is 0 Å². The third-order valence-electron chi connectivity index (χ3n) is 4.92. The third kappa shape index (κ3) is 4.86. The molecule has 1 saturated heterocycles. The predicted molar refractivity (Wildman–Crippen MR) is 110 cm³/mol. The molecule has 0 spiro atoms. The molecule has 2 heterocycles. The van der Waals surface area contributed by atoms with Crippen molar-refractivity contribution in [3.63, 3.8) is 0 Å². The maximum absolute atomic E-state index is 12.7. The zero-order chi connectivity index (χ0) is 19.1. The van der Waals surface area contributed by atoms with Crippen molar-refractivity contribution >= 4 is 35.0 Å². The molecule has 0 radical (unpaired) electrons. The fourth-order valence-electron chi connectivity index (χ4n) is 3.40. The van der Waals surface area contributed by atoms with Crippen molar-refractivity contribution in [2.75, 3.05) is 29.9 Å². The van der Waals surface area contributed by atoms with Gasteiger partial charge in [-0.25, -0.2) is 4.98 Å². The number of nitrogens with one attached hydrogen (secondary N) is 2. The summed E-state index contributed by atoms with van der Waals surface area (Å²) in [4.78, 5) is 30.0. The van der Waals surface area contributed by atoms with E-state index in [9.17, 15) is 9.59 Å². The number of amides is 2. The molecule has 144 valence electrons. The SMILES string of the molecule is CCC(CCNC=O)c1nc(C(=O)Nc2ccccc2N2CCCC2)cs1. The fraction of sp³-hybridized carbons (Fsp3) is 0.450. The van der Waals surface area contributed by atoms with Crippen LogP contribution in [0.5, 0.6) is 0 Å². The van der Waals surface area contributed by atoms with Gasteiger partial charge in [-0.3, -0.25) is 9.59 Å². The summed E-state index contributed by atoms with van der Waals surface area (Å²) in [7, 11) is 0. The monoisotopic (exact) mass is 386 g/mol. The zero-order valence-corrected chi connectivity index (χ0v) is 16.4. The lowest BCUT2D eigenvalue weighted by molar-refractivity contribution is -0.109. The minimum absolute atomic E-state index is 0.176. The molecule has 1 aromatic carbocycles.